The molecule has 112 valence electrons. The molecule has 0 bridgehead atoms. The minimum absolute atomic E-state index is 0.201. The molecule has 0 saturated heterocycles. The summed E-state index contributed by atoms with van der Waals surface area (Å²) in [5.74, 6) is -1.10. The summed E-state index contributed by atoms with van der Waals surface area (Å²) in [7, 11) is 0. The molecule has 1 heterocycles. The average Bonchev–Trinajstić information content (AvgIpc) is 2.78. The molecule has 0 saturated carbocycles. The zero-order valence-electron chi connectivity index (χ0n) is 11.9. The number of halogens is 1. The maximum atomic E-state index is 12.5. The number of aromatic nitrogens is 1. The highest BCUT2D eigenvalue weighted by Crippen LogP contribution is 2.21. The molecule has 0 unspecified atom stereocenters. The van der Waals surface area contributed by atoms with Crippen molar-refractivity contribution in [3.05, 3.63) is 34.4 Å². The van der Waals surface area contributed by atoms with Crippen LogP contribution in [0.5, 0.6) is 0 Å². The molecule has 0 aliphatic rings. The van der Waals surface area contributed by atoms with Crippen LogP contribution in [0.1, 0.15) is 24.3 Å². The third kappa shape index (κ3) is 3.85. The summed E-state index contributed by atoms with van der Waals surface area (Å²) in [4.78, 5) is 27.8. The number of aliphatic carboxylic acids is 1. The Hall–Kier alpha value is -1.82. The molecule has 2 N–H and O–H groups in total. The van der Waals surface area contributed by atoms with Gasteiger partial charge >= 0.3 is 5.97 Å². The number of hydrogen-bond donors (Lipinski definition) is 2. The summed E-state index contributed by atoms with van der Waals surface area (Å²) in [5.41, 5.74) is 1.25. The number of benzene rings is 1. The van der Waals surface area contributed by atoms with E-state index in [1.807, 2.05) is 32.0 Å². The molecular weight excluding hydrogens is 336 g/mol. The second kappa shape index (κ2) is 6.30. The highest BCUT2D eigenvalue weighted by molar-refractivity contribution is 9.10. The number of carbonyl (C=O) groups excluding carboxylic acids is 1. The van der Waals surface area contributed by atoms with Gasteiger partial charge in [0.05, 0.1) is 0 Å². The number of nitrogens with one attached hydrogen (secondary N) is 1. The Bertz CT molecular complexity index is 679. The van der Waals surface area contributed by atoms with Gasteiger partial charge in [0, 0.05) is 21.9 Å². The quantitative estimate of drug-likeness (QED) is 0.868. The van der Waals surface area contributed by atoms with Crippen LogP contribution in [0.4, 0.5) is 0 Å². The second-order valence-corrected chi connectivity index (χ2v) is 6.30. The number of carboxylic acids is 1. The molecule has 0 fully saturated rings. The first-order chi connectivity index (χ1) is 9.86. The number of amides is 1. The lowest BCUT2D eigenvalue weighted by atomic mass is 10.2. The van der Waals surface area contributed by atoms with Gasteiger partial charge in [0.2, 0.25) is 0 Å². The molecule has 5 nitrogen and oxygen atoms in total. The molecule has 2 rings (SSSR count). The molecule has 0 aliphatic carbocycles. The van der Waals surface area contributed by atoms with E-state index in [-0.39, 0.29) is 18.4 Å². The van der Waals surface area contributed by atoms with Gasteiger partial charge in [-0.15, -0.1) is 0 Å². The normalized spacial score (nSPS) is 11.0. The molecule has 0 spiro atoms. The van der Waals surface area contributed by atoms with E-state index in [4.69, 9.17) is 5.11 Å². The number of rotatable bonds is 5. The molecule has 1 aromatic heterocycles. The van der Waals surface area contributed by atoms with E-state index in [9.17, 15) is 9.59 Å². The Labute approximate surface area is 131 Å². The van der Waals surface area contributed by atoms with Crippen LogP contribution in [-0.4, -0.2) is 40.0 Å². The van der Waals surface area contributed by atoms with Crippen molar-refractivity contribution in [3.8, 4) is 0 Å². The largest absolute Gasteiger partial charge is 0.480 e. The zero-order chi connectivity index (χ0) is 15.6. The maximum Gasteiger partial charge on any atom is 0.323 e. The SMILES string of the molecule is CC(C)CN(CC(=O)O)C(=O)c1cc2ccc(Br)cc2[nH]1. The number of H-pyrrole nitrogens is 1. The Morgan fingerprint density at radius 1 is 1.33 bits per heavy atom. The summed E-state index contributed by atoms with van der Waals surface area (Å²) < 4.78 is 0.917. The Balaban J connectivity index is 2.30. The second-order valence-electron chi connectivity index (χ2n) is 5.39. The summed E-state index contributed by atoms with van der Waals surface area (Å²) in [6.45, 7) is 4.01. The minimum atomic E-state index is -1.01. The molecule has 6 heteroatoms. The number of hydrogen-bond acceptors (Lipinski definition) is 2. The van der Waals surface area contributed by atoms with E-state index < -0.39 is 5.97 Å². The van der Waals surface area contributed by atoms with Gasteiger partial charge in [-0.05, 0) is 24.1 Å². The van der Waals surface area contributed by atoms with Crippen LogP contribution in [0, 0.1) is 5.92 Å². The lowest BCUT2D eigenvalue weighted by Gasteiger charge is -2.22. The van der Waals surface area contributed by atoms with E-state index in [1.165, 1.54) is 4.90 Å². The van der Waals surface area contributed by atoms with Crippen molar-refractivity contribution in [1.29, 1.82) is 0 Å². The first kappa shape index (κ1) is 15.6. The number of aromatic amines is 1. The predicted octanol–water partition coefficient (Wildman–Crippen LogP) is 3.11. The van der Waals surface area contributed by atoms with Crippen LogP contribution in [-0.2, 0) is 4.79 Å². The van der Waals surface area contributed by atoms with Gasteiger partial charge in [-0.2, -0.15) is 0 Å². The Kier molecular flexibility index (Phi) is 4.67. The smallest absolute Gasteiger partial charge is 0.323 e. The first-order valence-electron chi connectivity index (χ1n) is 6.66. The van der Waals surface area contributed by atoms with Gasteiger partial charge in [-0.25, -0.2) is 0 Å². The van der Waals surface area contributed by atoms with Crippen LogP contribution >= 0.6 is 15.9 Å². The molecule has 2 aromatic rings. The monoisotopic (exact) mass is 352 g/mol. The van der Waals surface area contributed by atoms with Crippen LogP contribution in [0.25, 0.3) is 10.9 Å². The number of carbonyl (C=O) groups is 2. The highest BCUT2D eigenvalue weighted by Gasteiger charge is 2.21. The van der Waals surface area contributed by atoms with Gasteiger partial charge in [-0.3, -0.25) is 9.59 Å². The van der Waals surface area contributed by atoms with E-state index in [2.05, 4.69) is 20.9 Å². The molecule has 1 amide bonds. The molecule has 1 aromatic carbocycles. The van der Waals surface area contributed by atoms with Gasteiger partial charge < -0.3 is 15.0 Å². The fraction of sp³-hybridized carbons (Fsp3) is 0.333. The van der Waals surface area contributed by atoms with E-state index >= 15 is 0 Å². The van der Waals surface area contributed by atoms with E-state index in [0.29, 0.717) is 12.2 Å². The highest BCUT2D eigenvalue weighted by atomic mass is 79.9. The molecule has 0 radical (unpaired) electrons. The lowest BCUT2D eigenvalue weighted by Crippen LogP contribution is -2.38. The number of carboxylic acid groups (broad SMARTS) is 1. The third-order valence-electron chi connectivity index (χ3n) is 3.01. The molecule has 0 atom stereocenters. The van der Waals surface area contributed by atoms with Crippen molar-refractivity contribution in [1.82, 2.24) is 9.88 Å². The zero-order valence-corrected chi connectivity index (χ0v) is 13.5. The first-order valence-corrected chi connectivity index (χ1v) is 7.45. The fourth-order valence-corrected chi connectivity index (χ4v) is 2.57. The standard InChI is InChI=1S/C15H17BrN2O3/c1-9(2)7-18(8-14(19)20)15(21)13-5-10-3-4-11(16)6-12(10)17-13/h3-6,9,17H,7-8H2,1-2H3,(H,19,20). The molecular formula is C15H17BrN2O3. The molecule has 21 heavy (non-hydrogen) atoms. The van der Waals surface area contributed by atoms with Crippen LogP contribution in [0.15, 0.2) is 28.7 Å². The Morgan fingerprint density at radius 3 is 2.67 bits per heavy atom. The van der Waals surface area contributed by atoms with Gasteiger partial charge in [-0.1, -0.05) is 35.8 Å². The minimum Gasteiger partial charge on any atom is -0.480 e. The lowest BCUT2D eigenvalue weighted by molar-refractivity contribution is -0.137. The number of nitrogens with zero attached hydrogens (tertiary/aromatic N) is 1. The van der Waals surface area contributed by atoms with Crippen LogP contribution < -0.4 is 0 Å². The fourth-order valence-electron chi connectivity index (χ4n) is 2.21. The average molecular weight is 353 g/mol. The van der Waals surface area contributed by atoms with Gasteiger partial charge in [0.25, 0.3) is 5.91 Å². The topological polar surface area (TPSA) is 73.4 Å². The number of fused-ring (bicyclic) bond motifs is 1. The van der Waals surface area contributed by atoms with E-state index in [0.717, 1.165) is 15.4 Å². The third-order valence-corrected chi connectivity index (χ3v) is 3.51. The summed E-state index contributed by atoms with van der Waals surface area (Å²) in [6, 6.07) is 7.43. The van der Waals surface area contributed by atoms with Gasteiger partial charge in [0.1, 0.15) is 12.2 Å². The van der Waals surface area contributed by atoms with Crippen LogP contribution in [0.2, 0.25) is 0 Å². The van der Waals surface area contributed by atoms with Crippen molar-refractivity contribution in [2.45, 2.75) is 13.8 Å². The Morgan fingerprint density at radius 2 is 2.05 bits per heavy atom. The molecule has 0 aliphatic heterocycles. The summed E-state index contributed by atoms with van der Waals surface area (Å²) in [5, 5.41) is 9.88. The van der Waals surface area contributed by atoms with E-state index in [1.54, 1.807) is 6.07 Å². The summed E-state index contributed by atoms with van der Waals surface area (Å²) in [6.07, 6.45) is 0. The van der Waals surface area contributed by atoms with Crippen molar-refractivity contribution in [2.24, 2.45) is 5.92 Å². The van der Waals surface area contributed by atoms with Crippen molar-refractivity contribution >= 4 is 38.7 Å². The summed E-state index contributed by atoms with van der Waals surface area (Å²) >= 11 is 3.38. The van der Waals surface area contributed by atoms with Crippen molar-refractivity contribution in [2.75, 3.05) is 13.1 Å². The predicted molar refractivity (Wildman–Crippen MR) is 84.4 cm³/mol. The van der Waals surface area contributed by atoms with Crippen molar-refractivity contribution in [3.63, 3.8) is 0 Å². The van der Waals surface area contributed by atoms with Crippen LogP contribution in [0.3, 0.4) is 0 Å². The van der Waals surface area contributed by atoms with Crippen molar-refractivity contribution < 1.29 is 14.7 Å². The maximum absolute atomic E-state index is 12.5. The van der Waals surface area contributed by atoms with Gasteiger partial charge in [0.15, 0.2) is 0 Å².